The number of thioether (sulfide) groups is 1. The summed E-state index contributed by atoms with van der Waals surface area (Å²) in [5, 5.41) is 11.8. The molecule has 0 radical (unpaired) electrons. The van der Waals surface area contributed by atoms with Gasteiger partial charge in [0.15, 0.2) is 0 Å². The summed E-state index contributed by atoms with van der Waals surface area (Å²) in [6.07, 6.45) is 0. The van der Waals surface area contributed by atoms with Crippen molar-refractivity contribution in [3.8, 4) is 11.5 Å². The number of hydrogen-bond acceptors (Lipinski definition) is 9. The minimum absolute atomic E-state index is 0.149. The topological polar surface area (TPSA) is 116 Å². The Bertz CT molecular complexity index is 1130. The minimum Gasteiger partial charge on any atom is -0.411 e. The van der Waals surface area contributed by atoms with Crippen molar-refractivity contribution >= 4 is 29.3 Å². The summed E-state index contributed by atoms with van der Waals surface area (Å²) >= 11 is 1.34. The van der Waals surface area contributed by atoms with Crippen LogP contribution >= 0.6 is 11.8 Å². The van der Waals surface area contributed by atoms with Crippen molar-refractivity contribution in [1.82, 2.24) is 25.1 Å². The van der Waals surface area contributed by atoms with Gasteiger partial charge in [-0.2, -0.15) is 15.0 Å². The van der Waals surface area contributed by atoms with Crippen LogP contribution < -0.4 is 11.1 Å². The highest BCUT2D eigenvalue weighted by Gasteiger charge is 2.12. The van der Waals surface area contributed by atoms with Gasteiger partial charge in [-0.25, -0.2) is 0 Å². The largest absolute Gasteiger partial charge is 0.411 e. The summed E-state index contributed by atoms with van der Waals surface area (Å²) < 4.78 is 5.76. The van der Waals surface area contributed by atoms with Gasteiger partial charge in [-0.15, -0.1) is 10.2 Å². The molecule has 0 aliphatic rings. The molecule has 146 valence electrons. The molecule has 0 spiro atoms. The van der Waals surface area contributed by atoms with E-state index in [4.69, 9.17) is 10.2 Å². The van der Waals surface area contributed by atoms with E-state index in [9.17, 15) is 0 Å². The molecule has 0 bridgehead atoms. The summed E-state index contributed by atoms with van der Waals surface area (Å²) in [7, 11) is 0. The molecule has 8 nitrogen and oxygen atoms in total. The highest BCUT2D eigenvalue weighted by atomic mass is 32.2. The molecule has 0 aliphatic carbocycles. The molecule has 0 atom stereocenters. The Hall–Kier alpha value is -3.46. The standard InChI is InChI=1S/C20H19N7OS/c1-12-7-9-14(10-8-12)22-19-24-16(23-18(21)25-19)11-29-20-27-26-17(28-20)15-6-4-3-5-13(15)2/h3-10H,11H2,1-2H3,(H3,21,22,23,24,25). The fourth-order valence-corrected chi connectivity index (χ4v) is 3.26. The van der Waals surface area contributed by atoms with Gasteiger partial charge < -0.3 is 15.5 Å². The van der Waals surface area contributed by atoms with Crippen LogP contribution in [0.4, 0.5) is 17.6 Å². The average Bonchev–Trinajstić information content (AvgIpc) is 3.17. The Morgan fingerprint density at radius 2 is 1.76 bits per heavy atom. The second-order valence-corrected chi connectivity index (χ2v) is 7.33. The second kappa shape index (κ2) is 8.27. The van der Waals surface area contributed by atoms with Gasteiger partial charge in [-0.3, -0.25) is 0 Å². The number of benzene rings is 2. The van der Waals surface area contributed by atoms with E-state index in [2.05, 4.69) is 30.5 Å². The van der Waals surface area contributed by atoms with Crippen LogP contribution in [0.2, 0.25) is 0 Å². The molecule has 29 heavy (non-hydrogen) atoms. The Morgan fingerprint density at radius 3 is 2.55 bits per heavy atom. The molecule has 0 amide bonds. The van der Waals surface area contributed by atoms with Gasteiger partial charge >= 0.3 is 0 Å². The molecule has 2 aromatic heterocycles. The van der Waals surface area contributed by atoms with Crippen LogP contribution in [-0.4, -0.2) is 25.1 Å². The SMILES string of the molecule is Cc1ccc(Nc2nc(N)nc(CSc3nnc(-c4ccccc4C)o3)n2)cc1. The molecule has 3 N–H and O–H groups in total. The van der Waals surface area contributed by atoms with Crippen molar-refractivity contribution in [2.24, 2.45) is 0 Å². The van der Waals surface area contributed by atoms with Gasteiger partial charge in [0.25, 0.3) is 5.22 Å². The second-order valence-electron chi connectivity index (χ2n) is 6.40. The highest BCUT2D eigenvalue weighted by molar-refractivity contribution is 7.98. The molecule has 0 saturated heterocycles. The predicted octanol–water partition coefficient (Wildman–Crippen LogP) is 4.16. The van der Waals surface area contributed by atoms with Gasteiger partial charge in [0.05, 0.1) is 5.75 Å². The Kier molecular flexibility index (Phi) is 5.39. The maximum Gasteiger partial charge on any atom is 0.277 e. The zero-order valence-electron chi connectivity index (χ0n) is 16.0. The summed E-state index contributed by atoms with van der Waals surface area (Å²) in [5.41, 5.74) is 9.88. The number of anilines is 3. The van der Waals surface area contributed by atoms with Crippen LogP contribution in [0.25, 0.3) is 11.5 Å². The van der Waals surface area contributed by atoms with Crippen LogP contribution in [0.5, 0.6) is 0 Å². The lowest BCUT2D eigenvalue weighted by atomic mass is 10.1. The molecule has 0 aliphatic heterocycles. The number of nitrogens with zero attached hydrogens (tertiary/aromatic N) is 5. The molecular weight excluding hydrogens is 386 g/mol. The molecule has 2 aromatic carbocycles. The maximum absolute atomic E-state index is 5.84. The van der Waals surface area contributed by atoms with Crippen LogP contribution in [0, 0.1) is 13.8 Å². The Morgan fingerprint density at radius 1 is 0.966 bits per heavy atom. The van der Waals surface area contributed by atoms with Gasteiger partial charge in [0.2, 0.25) is 17.8 Å². The number of nitrogens with two attached hydrogens (primary N) is 1. The van der Waals surface area contributed by atoms with E-state index in [1.807, 2.05) is 62.4 Å². The minimum atomic E-state index is 0.149. The molecule has 2 heterocycles. The van der Waals surface area contributed by atoms with Crippen molar-refractivity contribution in [2.75, 3.05) is 11.1 Å². The lowest BCUT2D eigenvalue weighted by Crippen LogP contribution is -2.06. The van der Waals surface area contributed by atoms with Gasteiger partial charge in [0, 0.05) is 11.3 Å². The van der Waals surface area contributed by atoms with Crippen molar-refractivity contribution in [1.29, 1.82) is 0 Å². The first-order valence-corrected chi connectivity index (χ1v) is 9.92. The van der Waals surface area contributed by atoms with Gasteiger partial charge in [-0.05, 0) is 37.6 Å². The first-order chi connectivity index (χ1) is 14.1. The number of rotatable bonds is 6. The smallest absolute Gasteiger partial charge is 0.277 e. The normalized spacial score (nSPS) is 10.8. The van der Waals surface area contributed by atoms with E-state index >= 15 is 0 Å². The molecule has 4 rings (SSSR count). The van der Waals surface area contributed by atoms with E-state index in [1.54, 1.807) is 0 Å². The molecule has 0 unspecified atom stereocenters. The number of aromatic nitrogens is 5. The van der Waals surface area contributed by atoms with Gasteiger partial charge in [-0.1, -0.05) is 47.7 Å². The average molecular weight is 405 g/mol. The summed E-state index contributed by atoms with van der Waals surface area (Å²) in [6, 6.07) is 15.8. The molecular formula is C20H19N7OS. The van der Waals surface area contributed by atoms with E-state index in [0.717, 1.165) is 16.8 Å². The van der Waals surface area contributed by atoms with E-state index in [0.29, 0.717) is 28.6 Å². The van der Waals surface area contributed by atoms with Gasteiger partial charge in [0.1, 0.15) is 5.82 Å². The molecule has 4 aromatic rings. The van der Waals surface area contributed by atoms with E-state index < -0.39 is 0 Å². The van der Waals surface area contributed by atoms with Crippen LogP contribution in [0.3, 0.4) is 0 Å². The third-order valence-electron chi connectivity index (χ3n) is 4.11. The van der Waals surface area contributed by atoms with Crippen molar-refractivity contribution in [3.63, 3.8) is 0 Å². The number of aryl methyl sites for hydroxylation is 2. The van der Waals surface area contributed by atoms with Crippen molar-refractivity contribution in [3.05, 3.63) is 65.5 Å². The Labute approximate surface area is 172 Å². The zero-order valence-corrected chi connectivity index (χ0v) is 16.8. The quantitative estimate of drug-likeness (QED) is 0.456. The van der Waals surface area contributed by atoms with Crippen molar-refractivity contribution < 1.29 is 4.42 Å². The predicted molar refractivity (Wildman–Crippen MR) is 113 cm³/mol. The fourth-order valence-electron chi connectivity index (χ4n) is 2.64. The summed E-state index contributed by atoms with van der Waals surface area (Å²) in [4.78, 5) is 12.8. The molecule has 0 fully saturated rings. The first-order valence-electron chi connectivity index (χ1n) is 8.93. The third-order valence-corrected chi connectivity index (χ3v) is 4.93. The molecule has 0 saturated carbocycles. The number of hydrogen-bond donors (Lipinski definition) is 2. The lowest BCUT2D eigenvalue weighted by Gasteiger charge is -2.07. The lowest BCUT2D eigenvalue weighted by molar-refractivity contribution is 0.465. The Balaban J connectivity index is 1.45. The van der Waals surface area contributed by atoms with E-state index in [-0.39, 0.29) is 5.95 Å². The number of nitrogens with one attached hydrogen (secondary N) is 1. The van der Waals surface area contributed by atoms with E-state index in [1.165, 1.54) is 17.3 Å². The number of nitrogen functional groups attached to an aromatic ring is 1. The fraction of sp³-hybridized carbons (Fsp3) is 0.150. The van der Waals surface area contributed by atoms with Crippen LogP contribution in [0.15, 0.2) is 58.2 Å². The highest BCUT2D eigenvalue weighted by Crippen LogP contribution is 2.27. The third kappa shape index (κ3) is 4.69. The first kappa shape index (κ1) is 18.9. The van der Waals surface area contributed by atoms with Crippen molar-refractivity contribution in [2.45, 2.75) is 24.8 Å². The maximum atomic E-state index is 5.84. The zero-order chi connectivity index (χ0) is 20.2. The summed E-state index contributed by atoms with van der Waals surface area (Å²) in [6.45, 7) is 4.03. The van der Waals surface area contributed by atoms with Crippen LogP contribution in [0.1, 0.15) is 17.0 Å². The monoisotopic (exact) mass is 405 g/mol. The molecule has 9 heteroatoms. The van der Waals surface area contributed by atoms with Crippen LogP contribution in [-0.2, 0) is 5.75 Å². The summed E-state index contributed by atoms with van der Waals surface area (Å²) in [5.74, 6) is 1.97.